The molecule has 0 radical (unpaired) electrons. The van der Waals surface area contributed by atoms with Gasteiger partial charge >= 0.3 is 0 Å². The molecule has 1 rings (SSSR count). The van der Waals surface area contributed by atoms with Gasteiger partial charge in [0.15, 0.2) is 0 Å². The molecule has 0 aliphatic heterocycles. The van der Waals surface area contributed by atoms with E-state index in [1.54, 1.807) is 6.07 Å². The summed E-state index contributed by atoms with van der Waals surface area (Å²) in [6.07, 6.45) is 1.97. The van der Waals surface area contributed by atoms with E-state index in [2.05, 4.69) is 28.2 Å². The van der Waals surface area contributed by atoms with Gasteiger partial charge in [0.05, 0.1) is 9.40 Å². The van der Waals surface area contributed by atoms with Crippen LogP contribution < -0.4 is 5.32 Å². The zero-order chi connectivity index (χ0) is 14.1. The molecule has 106 valence electrons. The van der Waals surface area contributed by atoms with Gasteiger partial charge in [0.1, 0.15) is 0 Å². The third-order valence-electron chi connectivity index (χ3n) is 2.56. The second-order valence-electron chi connectivity index (χ2n) is 4.15. The first-order chi connectivity index (χ1) is 9.16. The number of rotatable bonds is 9. The summed E-state index contributed by atoms with van der Waals surface area (Å²) in [5.41, 5.74) is 0.995. The Morgan fingerprint density at radius 1 is 1.42 bits per heavy atom. The number of hydrogen-bond acceptors (Lipinski definition) is 4. The van der Waals surface area contributed by atoms with Gasteiger partial charge < -0.3 is 10.1 Å². The van der Waals surface area contributed by atoms with Crippen molar-refractivity contribution < 1.29 is 9.66 Å². The largest absolute Gasteiger partial charge is 0.381 e. The van der Waals surface area contributed by atoms with Crippen LogP contribution in [0, 0.1) is 10.1 Å². The number of nitrogens with zero attached hydrogens (tertiary/aromatic N) is 1. The Labute approximate surface area is 121 Å². The molecule has 0 atom stereocenters. The predicted molar refractivity (Wildman–Crippen MR) is 78.2 cm³/mol. The van der Waals surface area contributed by atoms with Crippen LogP contribution in [0.2, 0.25) is 0 Å². The van der Waals surface area contributed by atoms with E-state index in [0.717, 1.165) is 38.2 Å². The van der Waals surface area contributed by atoms with Gasteiger partial charge in [-0.3, -0.25) is 10.1 Å². The van der Waals surface area contributed by atoms with Crippen molar-refractivity contribution in [2.75, 3.05) is 19.8 Å². The molecule has 0 aromatic heterocycles. The van der Waals surface area contributed by atoms with Crippen molar-refractivity contribution in [1.29, 1.82) is 0 Å². The van der Waals surface area contributed by atoms with Crippen molar-refractivity contribution in [2.24, 2.45) is 0 Å². The Hall–Kier alpha value is -0.980. The molecule has 0 aliphatic carbocycles. The fourth-order valence-corrected chi connectivity index (χ4v) is 2.16. The monoisotopic (exact) mass is 330 g/mol. The van der Waals surface area contributed by atoms with Crippen molar-refractivity contribution in [2.45, 2.75) is 26.3 Å². The van der Waals surface area contributed by atoms with Gasteiger partial charge in [-0.15, -0.1) is 0 Å². The molecule has 0 bridgehead atoms. The Morgan fingerprint density at radius 2 is 2.21 bits per heavy atom. The van der Waals surface area contributed by atoms with Gasteiger partial charge in [-0.05, 0) is 40.9 Å². The van der Waals surface area contributed by atoms with Gasteiger partial charge in [-0.1, -0.05) is 19.1 Å². The van der Waals surface area contributed by atoms with Crippen LogP contribution >= 0.6 is 15.9 Å². The van der Waals surface area contributed by atoms with Crippen LogP contribution in [0.25, 0.3) is 0 Å². The normalized spacial score (nSPS) is 10.6. The number of nitro benzene ring substituents is 1. The zero-order valence-electron chi connectivity index (χ0n) is 11.0. The molecule has 1 N–H and O–H groups in total. The minimum absolute atomic E-state index is 0.102. The molecular formula is C13H19BrN2O3. The number of ether oxygens (including phenoxy) is 1. The quantitative estimate of drug-likeness (QED) is 0.428. The lowest BCUT2D eigenvalue weighted by Crippen LogP contribution is -2.17. The van der Waals surface area contributed by atoms with Crippen LogP contribution in [0.5, 0.6) is 0 Å². The Bertz CT molecular complexity index is 413. The van der Waals surface area contributed by atoms with E-state index in [9.17, 15) is 10.1 Å². The summed E-state index contributed by atoms with van der Waals surface area (Å²) in [6, 6.07) is 5.06. The summed E-state index contributed by atoms with van der Waals surface area (Å²) >= 11 is 3.28. The molecule has 0 spiro atoms. The molecule has 0 aliphatic rings. The summed E-state index contributed by atoms with van der Waals surface area (Å²) < 4.78 is 5.92. The smallest absolute Gasteiger partial charge is 0.283 e. The number of halogens is 1. The second kappa shape index (κ2) is 9.01. The third-order valence-corrected chi connectivity index (χ3v) is 3.48. The van der Waals surface area contributed by atoms with Crippen LogP contribution in [0.1, 0.15) is 25.3 Å². The van der Waals surface area contributed by atoms with Gasteiger partial charge in [-0.25, -0.2) is 0 Å². The summed E-state index contributed by atoms with van der Waals surface area (Å²) in [5.74, 6) is 0. The lowest BCUT2D eigenvalue weighted by molar-refractivity contribution is -0.385. The first-order valence-corrected chi connectivity index (χ1v) is 7.16. The fraction of sp³-hybridized carbons (Fsp3) is 0.538. The molecule has 5 nitrogen and oxygen atoms in total. The molecule has 19 heavy (non-hydrogen) atoms. The van der Waals surface area contributed by atoms with Gasteiger partial charge in [0.25, 0.3) is 5.69 Å². The second-order valence-corrected chi connectivity index (χ2v) is 4.94. The van der Waals surface area contributed by atoms with E-state index < -0.39 is 0 Å². The van der Waals surface area contributed by atoms with Crippen LogP contribution in [-0.4, -0.2) is 24.7 Å². The van der Waals surface area contributed by atoms with Crippen LogP contribution in [-0.2, 0) is 11.3 Å². The molecule has 0 saturated heterocycles. The summed E-state index contributed by atoms with van der Waals surface area (Å²) in [4.78, 5) is 10.4. The Morgan fingerprint density at radius 3 is 2.89 bits per heavy atom. The van der Waals surface area contributed by atoms with Crippen molar-refractivity contribution in [3.63, 3.8) is 0 Å². The highest BCUT2D eigenvalue weighted by Crippen LogP contribution is 2.27. The molecule has 0 saturated carbocycles. The zero-order valence-corrected chi connectivity index (χ0v) is 12.6. The number of nitrogens with one attached hydrogen (secondary N) is 1. The highest BCUT2D eigenvalue weighted by Gasteiger charge is 2.13. The fourth-order valence-electron chi connectivity index (χ4n) is 1.61. The number of hydrogen-bond donors (Lipinski definition) is 1. The molecule has 6 heteroatoms. The molecular weight excluding hydrogens is 312 g/mol. The van der Waals surface area contributed by atoms with E-state index in [4.69, 9.17) is 4.74 Å². The molecule has 0 fully saturated rings. The summed E-state index contributed by atoms with van der Waals surface area (Å²) in [5, 5.41) is 14.0. The highest BCUT2D eigenvalue weighted by atomic mass is 79.9. The van der Waals surface area contributed by atoms with Gasteiger partial charge in [-0.2, -0.15) is 0 Å². The SMILES string of the molecule is CCCOCCCNCc1cccc([N+](=O)[O-])c1Br. The molecule has 0 unspecified atom stereocenters. The summed E-state index contributed by atoms with van der Waals surface area (Å²) in [6.45, 7) is 5.07. The van der Waals surface area contributed by atoms with Crippen molar-refractivity contribution >= 4 is 21.6 Å². The first kappa shape index (κ1) is 16.1. The van der Waals surface area contributed by atoms with Gasteiger partial charge in [0.2, 0.25) is 0 Å². The molecule has 0 amide bonds. The predicted octanol–water partition coefficient (Wildman–Crippen LogP) is 3.26. The maximum absolute atomic E-state index is 10.8. The van der Waals surface area contributed by atoms with E-state index in [0.29, 0.717) is 11.0 Å². The molecule has 0 heterocycles. The third kappa shape index (κ3) is 5.67. The van der Waals surface area contributed by atoms with E-state index in [1.807, 2.05) is 6.07 Å². The Balaban J connectivity index is 2.33. The van der Waals surface area contributed by atoms with Crippen molar-refractivity contribution in [3.8, 4) is 0 Å². The number of benzene rings is 1. The molecule has 1 aromatic rings. The highest BCUT2D eigenvalue weighted by molar-refractivity contribution is 9.10. The standard InChI is InChI=1S/C13H19BrN2O3/c1-2-8-19-9-4-7-15-10-11-5-3-6-12(13(11)14)16(17)18/h3,5-6,15H,2,4,7-10H2,1H3. The number of nitro groups is 1. The average molecular weight is 331 g/mol. The average Bonchev–Trinajstić information content (AvgIpc) is 2.39. The molecule has 1 aromatic carbocycles. The van der Waals surface area contributed by atoms with E-state index in [-0.39, 0.29) is 10.6 Å². The van der Waals surface area contributed by atoms with E-state index >= 15 is 0 Å². The maximum atomic E-state index is 10.8. The van der Waals surface area contributed by atoms with E-state index in [1.165, 1.54) is 6.07 Å². The van der Waals surface area contributed by atoms with Crippen LogP contribution in [0.3, 0.4) is 0 Å². The lowest BCUT2D eigenvalue weighted by atomic mass is 10.2. The van der Waals surface area contributed by atoms with Crippen LogP contribution in [0.4, 0.5) is 5.69 Å². The van der Waals surface area contributed by atoms with Crippen molar-refractivity contribution in [1.82, 2.24) is 5.32 Å². The minimum Gasteiger partial charge on any atom is -0.381 e. The van der Waals surface area contributed by atoms with Crippen LogP contribution in [0.15, 0.2) is 22.7 Å². The minimum atomic E-state index is -0.383. The Kier molecular flexibility index (Phi) is 7.62. The topological polar surface area (TPSA) is 64.4 Å². The lowest BCUT2D eigenvalue weighted by Gasteiger charge is -2.07. The van der Waals surface area contributed by atoms with Crippen molar-refractivity contribution in [3.05, 3.63) is 38.3 Å². The first-order valence-electron chi connectivity index (χ1n) is 6.37. The maximum Gasteiger partial charge on any atom is 0.283 e. The van der Waals surface area contributed by atoms with Gasteiger partial charge in [0, 0.05) is 25.8 Å². The summed E-state index contributed by atoms with van der Waals surface area (Å²) in [7, 11) is 0.